The van der Waals surface area contributed by atoms with E-state index in [-0.39, 0.29) is 5.91 Å². The second-order valence-corrected chi connectivity index (χ2v) is 7.21. The number of hydrogen-bond acceptors (Lipinski definition) is 4. The van der Waals surface area contributed by atoms with Gasteiger partial charge >= 0.3 is 0 Å². The molecule has 1 amide bonds. The number of benzene rings is 2. The first-order chi connectivity index (χ1) is 13.0. The Morgan fingerprint density at radius 2 is 1.74 bits per heavy atom. The molecule has 7 heteroatoms. The van der Waals surface area contributed by atoms with E-state index in [1.807, 2.05) is 17.0 Å². The van der Waals surface area contributed by atoms with Crippen molar-refractivity contribution in [3.8, 4) is 11.5 Å². The van der Waals surface area contributed by atoms with Crippen LogP contribution >= 0.6 is 23.2 Å². The van der Waals surface area contributed by atoms with Crippen molar-refractivity contribution in [3.63, 3.8) is 0 Å². The van der Waals surface area contributed by atoms with Gasteiger partial charge < -0.3 is 14.4 Å². The second kappa shape index (κ2) is 8.83. The van der Waals surface area contributed by atoms with Crippen molar-refractivity contribution < 1.29 is 14.3 Å². The zero-order chi connectivity index (χ0) is 19.4. The molecule has 27 heavy (non-hydrogen) atoms. The Kier molecular flexibility index (Phi) is 6.47. The quantitative estimate of drug-likeness (QED) is 0.750. The van der Waals surface area contributed by atoms with Crippen LogP contribution in [0.3, 0.4) is 0 Å². The van der Waals surface area contributed by atoms with Gasteiger partial charge in [-0.15, -0.1) is 0 Å². The van der Waals surface area contributed by atoms with Crippen LogP contribution in [-0.4, -0.2) is 56.1 Å². The Balaban J connectivity index is 1.62. The number of halogens is 2. The summed E-state index contributed by atoms with van der Waals surface area (Å²) in [4.78, 5) is 17.0. The maximum atomic E-state index is 12.9. The molecule has 1 heterocycles. The molecule has 3 rings (SSSR count). The zero-order valence-corrected chi connectivity index (χ0v) is 16.9. The fourth-order valence-corrected chi connectivity index (χ4v) is 3.61. The molecule has 0 aliphatic carbocycles. The molecule has 2 aromatic carbocycles. The molecule has 0 radical (unpaired) electrons. The lowest BCUT2D eigenvalue weighted by molar-refractivity contribution is 0.0625. The van der Waals surface area contributed by atoms with Crippen LogP contribution in [0.2, 0.25) is 10.0 Å². The standard InChI is InChI=1S/C20H22Cl2N2O3/c1-26-16-5-6-17(19(12-16)27-2)20(25)24-9-7-23(8-10-24)13-14-3-4-15(21)11-18(14)22/h3-6,11-12H,7-10,13H2,1-2H3. The van der Waals surface area contributed by atoms with Gasteiger partial charge in [-0.05, 0) is 29.8 Å². The summed E-state index contributed by atoms with van der Waals surface area (Å²) in [7, 11) is 3.14. The Morgan fingerprint density at radius 1 is 1.00 bits per heavy atom. The van der Waals surface area contributed by atoms with E-state index in [1.54, 1.807) is 38.5 Å². The summed E-state index contributed by atoms with van der Waals surface area (Å²) in [5.74, 6) is 1.15. The molecular formula is C20H22Cl2N2O3. The lowest BCUT2D eigenvalue weighted by atomic mass is 10.1. The Labute approximate surface area is 169 Å². The topological polar surface area (TPSA) is 42.0 Å². The third kappa shape index (κ3) is 4.67. The van der Waals surface area contributed by atoms with Crippen molar-refractivity contribution in [2.45, 2.75) is 6.54 Å². The highest BCUT2D eigenvalue weighted by Crippen LogP contribution is 2.27. The molecule has 0 saturated carbocycles. The van der Waals surface area contributed by atoms with E-state index in [9.17, 15) is 4.79 Å². The Morgan fingerprint density at radius 3 is 2.37 bits per heavy atom. The number of rotatable bonds is 5. The summed E-state index contributed by atoms with van der Waals surface area (Å²) in [6.45, 7) is 3.61. The van der Waals surface area contributed by atoms with Gasteiger partial charge in [0.1, 0.15) is 11.5 Å². The first-order valence-corrected chi connectivity index (χ1v) is 9.45. The number of amides is 1. The van der Waals surface area contributed by atoms with E-state index in [0.717, 1.165) is 25.2 Å². The van der Waals surface area contributed by atoms with Gasteiger partial charge in [0, 0.05) is 48.8 Å². The third-order valence-corrected chi connectivity index (χ3v) is 5.29. The third-order valence-electron chi connectivity index (χ3n) is 4.71. The molecule has 0 spiro atoms. The predicted octanol–water partition coefficient (Wildman–Crippen LogP) is 3.97. The summed E-state index contributed by atoms with van der Waals surface area (Å²) in [5.41, 5.74) is 1.59. The van der Waals surface area contributed by atoms with Crippen LogP contribution in [0.1, 0.15) is 15.9 Å². The van der Waals surface area contributed by atoms with Gasteiger partial charge in [-0.3, -0.25) is 9.69 Å². The number of carbonyl (C=O) groups is 1. The molecule has 5 nitrogen and oxygen atoms in total. The largest absolute Gasteiger partial charge is 0.497 e. The lowest BCUT2D eigenvalue weighted by Gasteiger charge is -2.35. The Bertz CT molecular complexity index is 821. The Hall–Kier alpha value is -1.95. The molecule has 0 aromatic heterocycles. The predicted molar refractivity (Wildman–Crippen MR) is 107 cm³/mol. The first kappa shape index (κ1) is 19.8. The molecule has 2 aromatic rings. The molecule has 0 unspecified atom stereocenters. The molecular weight excluding hydrogens is 387 g/mol. The van der Waals surface area contributed by atoms with Crippen LogP contribution in [0.4, 0.5) is 0 Å². The van der Waals surface area contributed by atoms with Crippen LogP contribution in [0.5, 0.6) is 11.5 Å². The van der Waals surface area contributed by atoms with E-state index in [0.29, 0.717) is 40.2 Å². The molecule has 0 atom stereocenters. The number of carbonyl (C=O) groups excluding carboxylic acids is 1. The molecule has 0 N–H and O–H groups in total. The summed E-state index contributed by atoms with van der Waals surface area (Å²) < 4.78 is 10.6. The highest BCUT2D eigenvalue weighted by molar-refractivity contribution is 6.35. The second-order valence-electron chi connectivity index (χ2n) is 6.37. The number of piperazine rings is 1. The van der Waals surface area contributed by atoms with Crippen molar-refractivity contribution in [1.82, 2.24) is 9.80 Å². The summed E-state index contributed by atoms with van der Waals surface area (Å²) in [6.07, 6.45) is 0. The fourth-order valence-electron chi connectivity index (χ4n) is 3.15. The number of hydrogen-bond donors (Lipinski definition) is 0. The van der Waals surface area contributed by atoms with Crippen molar-refractivity contribution >= 4 is 29.1 Å². The summed E-state index contributed by atoms with van der Waals surface area (Å²) >= 11 is 12.2. The normalized spacial score (nSPS) is 14.9. The van der Waals surface area contributed by atoms with Crippen molar-refractivity contribution in [2.75, 3.05) is 40.4 Å². The smallest absolute Gasteiger partial charge is 0.257 e. The van der Waals surface area contributed by atoms with E-state index >= 15 is 0 Å². The lowest BCUT2D eigenvalue weighted by Crippen LogP contribution is -2.48. The first-order valence-electron chi connectivity index (χ1n) is 8.69. The van der Waals surface area contributed by atoms with Crippen LogP contribution in [0, 0.1) is 0 Å². The average molecular weight is 409 g/mol. The van der Waals surface area contributed by atoms with Gasteiger partial charge in [-0.2, -0.15) is 0 Å². The van der Waals surface area contributed by atoms with Crippen LogP contribution < -0.4 is 9.47 Å². The van der Waals surface area contributed by atoms with Gasteiger partial charge in [-0.1, -0.05) is 29.3 Å². The van der Waals surface area contributed by atoms with Crippen LogP contribution in [0.15, 0.2) is 36.4 Å². The molecule has 1 fully saturated rings. The van der Waals surface area contributed by atoms with E-state index in [1.165, 1.54) is 0 Å². The monoisotopic (exact) mass is 408 g/mol. The maximum Gasteiger partial charge on any atom is 0.257 e. The molecule has 1 aliphatic heterocycles. The molecule has 0 bridgehead atoms. The van der Waals surface area contributed by atoms with Crippen molar-refractivity contribution in [3.05, 3.63) is 57.6 Å². The SMILES string of the molecule is COc1ccc(C(=O)N2CCN(Cc3ccc(Cl)cc3Cl)CC2)c(OC)c1. The van der Waals surface area contributed by atoms with Crippen molar-refractivity contribution in [1.29, 1.82) is 0 Å². The van der Waals surface area contributed by atoms with Gasteiger partial charge in [0.2, 0.25) is 0 Å². The van der Waals surface area contributed by atoms with Gasteiger partial charge in [0.05, 0.1) is 19.8 Å². The minimum Gasteiger partial charge on any atom is -0.497 e. The summed E-state index contributed by atoms with van der Waals surface area (Å²) in [5, 5.41) is 1.30. The van der Waals surface area contributed by atoms with Gasteiger partial charge in [-0.25, -0.2) is 0 Å². The minimum atomic E-state index is -0.0290. The van der Waals surface area contributed by atoms with Crippen LogP contribution in [-0.2, 0) is 6.54 Å². The van der Waals surface area contributed by atoms with E-state index in [4.69, 9.17) is 32.7 Å². The maximum absolute atomic E-state index is 12.9. The van der Waals surface area contributed by atoms with Crippen molar-refractivity contribution in [2.24, 2.45) is 0 Å². The van der Waals surface area contributed by atoms with Crippen LogP contribution in [0.25, 0.3) is 0 Å². The van der Waals surface area contributed by atoms with Gasteiger partial charge in [0.25, 0.3) is 5.91 Å². The minimum absolute atomic E-state index is 0.0290. The highest BCUT2D eigenvalue weighted by atomic mass is 35.5. The average Bonchev–Trinajstić information content (AvgIpc) is 2.69. The van der Waals surface area contributed by atoms with E-state index in [2.05, 4.69) is 4.90 Å². The highest BCUT2D eigenvalue weighted by Gasteiger charge is 2.25. The summed E-state index contributed by atoms with van der Waals surface area (Å²) in [6, 6.07) is 10.8. The zero-order valence-electron chi connectivity index (χ0n) is 15.4. The molecule has 1 aliphatic rings. The number of methoxy groups -OCH3 is 2. The van der Waals surface area contributed by atoms with Gasteiger partial charge in [0.15, 0.2) is 0 Å². The number of ether oxygens (including phenoxy) is 2. The fraction of sp³-hybridized carbons (Fsp3) is 0.350. The number of nitrogens with zero attached hydrogens (tertiary/aromatic N) is 2. The van der Waals surface area contributed by atoms with E-state index < -0.39 is 0 Å². The molecule has 1 saturated heterocycles. The molecule has 144 valence electrons.